The Balaban J connectivity index is 1.23. The third kappa shape index (κ3) is 5.98. The van der Waals surface area contributed by atoms with Crippen LogP contribution in [0.4, 0.5) is 0 Å². The van der Waals surface area contributed by atoms with Crippen molar-refractivity contribution in [3.8, 4) is 78.9 Å². The van der Waals surface area contributed by atoms with Crippen LogP contribution in [-0.2, 0) is 0 Å². The van der Waals surface area contributed by atoms with E-state index in [1.165, 1.54) is 0 Å². The van der Waals surface area contributed by atoms with Crippen molar-refractivity contribution in [3.63, 3.8) is 0 Å². The first-order chi connectivity index (χ1) is 25.3. The van der Waals surface area contributed by atoms with Gasteiger partial charge in [-0.1, -0.05) is 146 Å². The van der Waals surface area contributed by atoms with Gasteiger partial charge in [0.25, 0.3) is 0 Å². The summed E-state index contributed by atoms with van der Waals surface area (Å²) in [5.74, 6) is 1.88. The summed E-state index contributed by atoms with van der Waals surface area (Å²) >= 11 is 0. The number of hydrogen-bond donors (Lipinski definition) is 0. The minimum atomic E-state index is 0.615. The van der Waals surface area contributed by atoms with Gasteiger partial charge in [0.1, 0.15) is 5.65 Å². The predicted molar refractivity (Wildman–Crippen MR) is 207 cm³/mol. The molecule has 0 fully saturated rings. The highest BCUT2D eigenvalue weighted by Crippen LogP contribution is 2.37. The maximum absolute atomic E-state index is 5.14. The average Bonchev–Trinajstić information content (AvgIpc) is 3.62. The molecule has 3 aromatic heterocycles. The fourth-order valence-electron chi connectivity index (χ4n) is 6.57. The molecule has 0 aliphatic rings. The van der Waals surface area contributed by atoms with Gasteiger partial charge >= 0.3 is 0 Å². The van der Waals surface area contributed by atoms with Gasteiger partial charge in [-0.3, -0.25) is 4.40 Å². The summed E-state index contributed by atoms with van der Waals surface area (Å²) in [6, 6.07) is 62.5. The van der Waals surface area contributed by atoms with E-state index in [9.17, 15) is 0 Å². The van der Waals surface area contributed by atoms with Crippen LogP contribution in [0.3, 0.4) is 0 Å². The van der Waals surface area contributed by atoms with Crippen molar-refractivity contribution >= 4 is 5.65 Å². The average molecular weight is 654 g/mol. The van der Waals surface area contributed by atoms with E-state index in [0.29, 0.717) is 17.5 Å². The van der Waals surface area contributed by atoms with Crippen LogP contribution < -0.4 is 0 Å². The maximum Gasteiger partial charge on any atom is 0.164 e. The van der Waals surface area contributed by atoms with Crippen LogP contribution in [0.5, 0.6) is 0 Å². The molecule has 5 heteroatoms. The largest absolute Gasteiger partial charge is 0.299 e. The number of benzene rings is 6. The third-order valence-electron chi connectivity index (χ3n) is 9.04. The summed E-state index contributed by atoms with van der Waals surface area (Å²) in [6.07, 6.45) is 2.08. The van der Waals surface area contributed by atoms with E-state index >= 15 is 0 Å². The molecule has 0 unspecified atom stereocenters. The first-order valence-corrected chi connectivity index (χ1v) is 17.0. The highest BCUT2D eigenvalue weighted by molar-refractivity contribution is 5.86. The molecule has 0 aliphatic carbocycles. The second kappa shape index (κ2) is 13.1. The lowest BCUT2D eigenvalue weighted by Crippen LogP contribution is -2.00. The van der Waals surface area contributed by atoms with E-state index in [4.69, 9.17) is 19.9 Å². The van der Waals surface area contributed by atoms with E-state index in [1.807, 2.05) is 84.9 Å². The fourth-order valence-corrected chi connectivity index (χ4v) is 6.57. The summed E-state index contributed by atoms with van der Waals surface area (Å²) in [6.45, 7) is 0. The Morgan fingerprint density at radius 2 is 0.725 bits per heavy atom. The zero-order chi connectivity index (χ0) is 34.0. The van der Waals surface area contributed by atoms with Crippen molar-refractivity contribution in [2.45, 2.75) is 0 Å². The molecule has 9 aromatic rings. The fraction of sp³-hybridized carbons (Fsp3) is 0. The quantitative estimate of drug-likeness (QED) is 0.172. The first kappa shape index (κ1) is 30.1. The molecule has 3 heterocycles. The molecule has 0 amide bonds. The topological polar surface area (TPSA) is 56.0 Å². The van der Waals surface area contributed by atoms with Gasteiger partial charge in [-0.25, -0.2) is 19.9 Å². The zero-order valence-corrected chi connectivity index (χ0v) is 27.6. The van der Waals surface area contributed by atoms with Gasteiger partial charge < -0.3 is 0 Å². The van der Waals surface area contributed by atoms with Gasteiger partial charge in [-0.15, -0.1) is 0 Å². The Hall–Kier alpha value is -6.98. The van der Waals surface area contributed by atoms with Crippen molar-refractivity contribution in [2.75, 3.05) is 0 Å². The standard InChI is InChI=1S/C46H31N5/c1-5-16-32(17-6-1)38-29-39(31-40(30-38)46-49-44(34-20-9-3-10-21-34)48-45(50-46)35-22-11-4-12-23-35)36-24-15-25-37(28-36)42-43(33-18-7-2-8-19-33)51-27-14-13-26-41(51)47-42/h1-31H. The van der Waals surface area contributed by atoms with Crippen LogP contribution in [0, 0.1) is 0 Å². The monoisotopic (exact) mass is 653 g/mol. The first-order valence-electron chi connectivity index (χ1n) is 17.0. The Labute approximate surface area is 296 Å². The molecule has 6 aromatic carbocycles. The molecule has 0 saturated heterocycles. The highest BCUT2D eigenvalue weighted by atomic mass is 15.0. The summed E-state index contributed by atoms with van der Waals surface area (Å²) in [4.78, 5) is 20.2. The second-order valence-corrected chi connectivity index (χ2v) is 12.4. The molecule has 0 N–H and O–H groups in total. The van der Waals surface area contributed by atoms with E-state index in [-0.39, 0.29) is 0 Å². The zero-order valence-electron chi connectivity index (χ0n) is 27.6. The number of rotatable bonds is 7. The molecule has 0 spiro atoms. The van der Waals surface area contributed by atoms with E-state index in [1.54, 1.807) is 0 Å². The molecule has 0 saturated carbocycles. The molecule has 9 rings (SSSR count). The maximum atomic E-state index is 5.14. The molecular formula is C46H31N5. The summed E-state index contributed by atoms with van der Waals surface area (Å²) in [5, 5.41) is 0. The second-order valence-electron chi connectivity index (χ2n) is 12.4. The van der Waals surface area contributed by atoms with Crippen LogP contribution >= 0.6 is 0 Å². The highest BCUT2D eigenvalue weighted by Gasteiger charge is 2.18. The molecule has 0 bridgehead atoms. The minimum absolute atomic E-state index is 0.615. The SMILES string of the molecule is c1ccc(-c2cc(-c3cccc(-c4nc5ccccn5c4-c4ccccc4)c3)cc(-c3nc(-c4ccccc4)nc(-c4ccccc4)n3)c2)cc1. The predicted octanol–water partition coefficient (Wildman–Crippen LogP) is 11.2. The molecule has 0 aliphatic heterocycles. The Bertz CT molecular complexity index is 2560. The van der Waals surface area contributed by atoms with Crippen LogP contribution in [0.1, 0.15) is 0 Å². The number of fused-ring (bicyclic) bond motifs is 1. The van der Waals surface area contributed by atoms with Gasteiger partial charge in [0.15, 0.2) is 17.5 Å². The van der Waals surface area contributed by atoms with E-state index in [0.717, 1.165) is 67.1 Å². The molecule has 0 radical (unpaired) electrons. The van der Waals surface area contributed by atoms with E-state index < -0.39 is 0 Å². The third-order valence-corrected chi connectivity index (χ3v) is 9.04. The molecule has 51 heavy (non-hydrogen) atoms. The van der Waals surface area contributed by atoms with Gasteiger partial charge in [0.2, 0.25) is 0 Å². The van der Waals surface area contributed by atoms with Crippen LogP contribution in [0.2, 0.25) is 0 Å². The van der Waals surface area contributed by atoms with Crippen molar-refractivity contribution in [3.05, 3.63) is 188 Å². The number of hydrogen-bond acceptors (Lipinski definition) is 4. The smallest absolute Gasteiger partial charge is 0.164 e. The van der Waals surface area contributed by atoms with Gasteiger partial charge in [0, 0.05) is 34.0 Å². The Morgan fingerprint density at radius 3 is 1.33 bits per heavy atom. The molecule has 0 atom stereocenters. The lowest BCUT2D eigenvalue weighted by molar-refractivity contribution is 1.07. The summed E-state index contributed by atoms with van der Waals surface area (Å²) < 4.78 is 2.17. The number of imidazole rings is 1. The van der Waals surface area contributed by atoms with E-state index in [2.05, 4.69) is 108 Å². The van der Waals surface area contributed by atoms with Crippen molar-refractivity contribution < 1.29 is 0 Å². The van der Waals surface area contributed by atoms with Crippen molar-refractivity contribution in [2.24, 2.45) is 0 Å². The number of nitrogens with zero attached hydrogens (tertiary/aromatic N) is 5. The van der Waals surface area contributed by atoms with Crippen molar-refractivity contribution in [1.29, 1.82) is 0 Å². The lowest BCUT2D eigenvalue weighted by atomic mass is 9.94. The Kier molecular flexibility index (Phi) is 7.76. The summed E-state index contributed by atoms with van der Waals surface area (Å²) in [5.41, 5.74) is 12.2. The Morgan fingerprint density at radius 1 is 0.294 bits per heavy atom. The van der Waals surface area contributed by atoms with Crippen LogP contribution in [0.25, 0.3) is 84.6 Å². The van der Waals surface area contributed by atoms with Gasteiger partial charge in [-0.05, 0) is 58.7 Å². The number of aromatic nitrogens is 5. The summed E-state index contributed by atoms with van der Waals surface area (Å²) in [7, 11) is 0. The lowest BCUT2D eigenvalue weighted by Gasteiger charge is -2.13. The normalized spacial score (nSPS) is 11.1. The molecular weight excluding hydrogens is 623 g/mol. The van der Waals surface area contributed by atoms with Gasteiger partial charge in [0.05, 0.1) is 11.4 Å². The van der Waals surface area contributed by atoms with Crippen molar-refractivity contribution in [1.82, 2.24) is 24.3 Å². The molecule has 5 nitrogen and oxygen atoms in total. The number of pyridine rings is 1. The minimum Gasteiger partial charge on any atom is -0.299 e. The van der Waals surface area contributed by atoms with Crippen LogP contribution in [0.15, 0.2) is 188 Å². The molecule has 240 valence electrons. The van der Waals surface area contributed by atoms with Gasteiger partial charge in [-0.2, -0.15) is 0 Å². The van der Waals surface area contributed by atoms with Crippen LogP contribution in [-0.4, -0.2) is 24.3 Å².